The van der Waals surface area contributed by atoms with E-state index in [4.69, 9.17) is 18.9 Å². The van der Waals surface area contributed by atoms with E-state index < -0.39 is 17.7 Å². The maximum absolute atomic E-state index is 12.4. The van der Waals surface area contributed by atoms with Gasteiger partial charge in [0.2, 0.25) is 5.88 Å². The van der Waals surface area contributed by atoms with Crippen molar-refractivity contribution in [3.63, 3.8) is 0 Å². The molecule has 0 bridgehead atoms. The third kappa shape index (κ3) is 6.11. The summed E-state index contributed by atoms with van der Waals surface area (Å²) < 4.78 is 22.7. The normalized spacial score (nSPS) is 18.7. The topological polar surface area (TPSA) is 140 Å². The molecule has 1 saturated heterocycles. The van der Waals surface area contributed by atoms with Gasteiger partial charge in [-0.3, -0.25) is 9.59 Å². The van der Waals surface area contributed by atoms with Gasteiger partial charge in [-0.1, -0.05) is 5.21 Å². The number of anilines is 1. The number of carbonyl (C=O) groups excluding carboxylic acids is 2. The molecule has 2 aromatic rings. The molecule has 12 heteroatoms. The number of hydrogen-bond donors (Lipinski definition) is 1. The molecule has 1 fully saturated rings. The molecule has 0 saturated carbocycles. The van der Waals surface area contributed by atoms with Crippen LogP contribution in [0.2, 0.25) is 0 Å². The van der Waals surface area contributed by atoms with E-state index in [9.17, 15) is 9.59 Å². The van der Waals surface area contributed by atoms with Crippen molar-refractivity contribution in [2.24, 2.45) is 0 Å². The van der Waals surface area contributed by atoms with Crippen LogP contribution in [0.5, 0.6) is 11.9 Å². The van der Waals surface area contributed by atoms with E-state index in [1.165, 1.54) is 24.2 Å². The first-order valence-electron chi connectivity index (χ1n) is 9.30. The second-order valence-corrected chi connectivity index (χ2v) is 7.56. The largest absolute Gasteiger partial charge is 0.472 e. The highest BCUT2D eigenvalue weighted by atomic mass is 16.6. The molecule has 1 aliphatic heterocycles. The SMILES string of the molecule is COc1nccc(O[C@@H]2CO[C@@H](C(=O)Nc3cn(CC(=O)OC(C)(C)C)nn3)C2)n1. The Morgan fingerprint density at radius 2 is 2.17 bits per heavy atom. The summed E-state index contributed by atoms with van der Waals surface area (Å²) in [5.74, 6) is -0.296. The van der Waals surface area contributed by atoms with Crippen LogP contribution in [0.1, 0.15) is 27.2 Å². The minimum Gasteiger partial charge on any atom is -0.472 e. The number of nitrogens with zero attached hydrogens (tertiary/aromatic N) is 5. The van der Waals surface area contributed by atoms with Crippen molar-refractivity contribution in [1.29, 1.82) is 0 Å². The lowest BCUT2D eigenvalue weighted by Crippen LogP contribution is -2.28. The first-order valence-corrected chi connectivity index (χ1v) is 9.30. The lowest BCUT2D eigenvalue weighted by atomic mass is 10.2. The maximum Gasteiger partial charge on any atom is 0.328 e. The molecule has 1 aliphatic rings. The van der Waals surface area contributed by atoms with Crippen molar-refractivity contribution in [3.8, 4) is 11.9 Å². The summed E-state index contributed by atoms with van der Waals surface area (Å²) in [5, 5.41) is 10.3. The summed E-state index contributed by atoms with van der Waals surface area (Å²) in [6.07, 6.45) is 2.24. The summed E-state index contributed by atoms with van der Waals surface area (Å²) in [4.78, 5) is 32.2. The summed E-state index contributed by atoms with van der Waals surface area (Å²) >= 11 is 0. The van der Waals surface area contributed by atoms with Crippen LogP contribution in [-0.4, -0.2) is 68.4 Å². The van der Waals surface area contributed by atoms with Crippen LogP contribution >= 0.6 is 0 Å². The Morgan fingerprint density at radius 1 is 1.37 bits per heavy atom. The lowest BCUT2D eigenvalue weighted by Gasteiger charge is -2.19. The van der Waals surface area contributed by atoms with E-state index in [1.807, 2.05) is 0 Å². The van der Waals surface area contributed by atoms with Gasteiger partial charge < -0.3 is 24.3 Å². The Hall–Kier alpha value is -3.28. The van der Waals surface area contributed by atoms with Crippen LogP contribution in [0.25, 0.3) is 0 Å². The third-order valence-electron chi connectivity index (χ3n) is 3.83. The average molecular weight is 420 g/mol. The van der Waals surface area contributed by atoms with Gasteiger partial charge in [0, 0.05) is 18.7 Å². The summed E-state index contributed by atoms with van der Waals surface area (Å²) in [6, 6.07) is 1.79. The molecular weight excluding hydrogens is 396 g/mol. The van der Waals surface area contributed by atoms with Crippen molar-refractivity contribution in [3.05, 3.63) is 18.5 Å². The van der Waals surface area contributed by atoms with Crippen LogP contribution in [0.3, 0.4) is 0 Å². The second kappa shape index (κ2) is 9.03. The van der Waals surface area contributed by atoms with Gasteiger partial charge in [0.1, 0.15) is 24.4 Å². The van der Waals surface area contributed by atoms with Gasteiger partial charge in [-0.05, 0) is 20.8 Å². The number of methoxy groups -OCH3 is 1. The molecule has 3 heterocycles. The zero-order chi connectivity index (χ0) is 21.7. The molecule has 2 atom stereocenters. The van der Waals surface area contributed by atoms with E-state index in [0.717, 1.165) is 0 Å². The molecule has 0 spiro atoms. The Bertz CT molecular complexity index is 895. The minimum absolute atomic E-state index is 0.113. The van der Waals surface area contributed by atoms with Gasteiger partial charge in [0.25, 0.3) is 5.91 Å². The first kappa shape index (κ1) is 21.4. The number of nitrogens with one attached hydrogen (secondary N) is 1. The molecule has 1 N–H and O–H groups in total. The minimum atomic E-state index is -0.713. The molecule has 30 heavy (non-hydrogen) atoms. The van der Waals surface area contributed by atoms with E-state index in [1.54, 1.807) is 26.8 Å². The van der Waals surface area contributed by atoms with Crippen molar-refractivity contribution in [1.82, 2.24) is 25.0 Å². The predicted octanol–water partition coefficient (Wildman–Crippen LogP) is 0.593. The number of esters is 1. The van der Waals surface area contributed by atoms with Crippen molar-refractivity contribution >= 4 is 17.7 Å². The van der Waals surface area contributed by atoms with Crippen LogP contribution in [0.4, 0.5) is 5.82 Å². The van der Waals surface area contributed by atoms with Crippen molar-refractivity contribution in [2.75, 3.05) is 19.0 Å². The van der Waals surface area contributed by atoms with Crippen LogP contribution in [0, 0.1) is 0 Å². The Morgan fingerprint density at radius 3 is 2.90 bits per heavy atom. The number of ether oxygens (including phenoxy) is 4. The molecule has 3 rings (SSSR count). The Balaban J connectivity index is 1.48. The number of amides is 1. The van der Waals surface area contributed by atoms with Gasteiger partial charge in [-0.15, -0.1) is 5.10 Å². The van der Waals surface area contributed by atoms with E-state index in [-0.39, 0.29) is 37.0 Å². The predicted molar refractivity (Wildman–Crippen MR) is 102 cm³/mol. The molecule has 0 unspecified atom stereocenters. The zero-order valence-electron chi connectivity index (χ0n) is 17.2. The van der Waals surface area contributed by atoms with Crippen LogP contribution < -0.4 is 14.8 Å². The van der Waals surface area contributed by atoms with Crippen LogP contribution in [0.15, 0.2) is 18.5 Å². The van der Waals surface area contributed by atoms with Gasteiger partial charge in [0.15, 0.2) is 5.82 Å². The molecule has 1 amide bonds. The maximum atomic E-state index is 12.4. The quantitative estimate of drug-likeness (QED) is 0.633. The molecule has 0 radical (unpaired) electrons. The molecule has 0 aromatic carbocycles. The molecule has 0 aliphatic carbocycles. The van der Waals surface area contributed by atoms with Gasteiger partial charge >= 0.3 is 12.0 Å². The fraction of sp³-hybridized carbons (Fsp3) is 0.556. The summed E-state index contributed by atoms with van der Waals surface area (Å²) in [7, 11) is 1.46. The smallest absolute Gasteiger partial charge is 0.328 e. The Labute approximate surface area is 172 Å². The number of carbonyl (C=O) groups is 2. The highest BCUT2D eigenvalue weighted by molar-refractivity contribution is 5.93. The van der Waals surface area contributed by atoms with Gasteiger partial charge in [-0.2, -0.15) is 4.98 Å². The standard InChI is InChI=1S/C18H24N6O6/c1-18(2,3)30-15(25)9-24-8-13(22-23-24)20-16(26)12-7-11(10-28-12)29-14-5-6-19-17(21-14)27-4/h5-6,8,11-12H,7,9-10H2,1-4H3,(H,20,26)/t11-,12+/m0/s1. The number of rotatable bonds is 7. The van der Waals surface area contributed by atoms with Crippen molar-refractivity contribution in [2.45, 2.75) is 51.5 Å². The zero-order valence-corrected chi connectivity index (χ0v) is 17.2. The molecular formula is C18H24N6O6. The molecule has 162 valence electrons. The highest BCUT2D eigenvalue weighted by Gasteiger charge is 2.33. The summed E-state index contributed by atoms with van der Waals surface area (Å²) in [5.41, 5.74) is -0.593. The van der Waals surface area contributed by atoms with Crippen molar-refractivity contribution < 1.29 is 28.5 Å². The monoisotopic (exact) mass is 420 g/mol. The summed E-state index contributed by atoms with van der Waals surface area (Å²) in [6.45, 7) is 5.45. The highest BCUT2D eigenvalue weighted by Crippen LogP contribution is 2.21. The third-order valence-corrected chi connectivity index (χ3v) is 3.83. The molecule has 2 aromatic heterocycles. The van der Waals surface area contributed by atoms with Gasteiger partial charge in [0.05, 0.1) is 19.9 Å². The fourth-order valence-electron chi connectivity index (χ4n) is 2.67. The number of hydrogen-bond acceptors (Lipinski definition) is 10. The average Bonchev–Trinajstić information content (AvgIpc) is 3.30. The molecule has 12 nitrogen and oxygen atoms in total. The van der Waals surface area contributed by atoms with E-state index in [2.05, 4.69) is 25.6 Å². The van der Waals surface area contributed by atoms with E-state index in [0.29, 0.717) is 12.3 Å². The van der Waals surface area contributed by atoms with Gasteiger partial charge in [-0.25, -0.2) is 9.67 Å². The second-order valence-electron chi connectivity index (χ2n) is 7.56. The van der Waals surface area contributed by atoms with Crippen LogP contribution in [-0.2, 0) is 25.6 Å². The number of aromatic nitrogens is 5. The fourth-order valence-corrected chi connectivity index (χ4v) is 2.67. The van der Waals surface area contributed by atoms with E-state index >= 15 is 0 Å². The first-order chi connectivity index (χ1) is 14.2. The lowest BCUT2D eigenvalue weighted by molar-refractivity contribution is -0.155. The Kier molecular flexibility index (Phi) is 6.45.